The SMILES string of the molecule is C[C@]1(NCc2ccc(N)cc2)CCS(=O)(=O)C1. The van der Waals surface area contributed by atoms with E-state index in [-0.39, 0.29) is 17.0 Å². The minimum atomic E-state index is -2.85. The average molecular weight is 254 g/mol. The molecule has 1 aliphatic rings. The molecule has 1 atom stereocenters. The minimum absolute atomic E-state index is 0.231. The Hall–Kier alpha value is -1.07. The van der Waals surface area contributed by atoms with Crippen molar-refractivity contribution in [1.82, 2.24) is 5.32 Å². The Labute approximate surface area is 102 Å². The van der Waals surface area contributed by atoms with Gasteiger partial charge in [-0.25, -0.2) is 8.42 Å². The molecular formula is C12H18N2O2S. The monoisotopic (exact) mass is 254 g/mol. The molecule has 0 radical (unpaired) electrons. The maximum absolute atomic E-state index is 11.4. The van der Waals surface area contributed by atoms with Crippen LogP contribution in [-0.4, -0.2) is 25.5 Å². The largest absolute Gasteiger partial charge is 0.399 e. The molecule has 0 aromatic heterocycles. The number of rotatable bonds is 3. The third-order valence-electron chi connectivity index (χ3n) is 3.20. The number of nitrogens with one attached hydrogen (secondary N) is 1. The van der Waals surface area contributed by atoms with Crippen LogP contribution < -0.4 is 11.1 Å². The summed E-state index contributed by atoms with van der Waals surface area (Å²) in [5.41, 5.74) is 7.17. The molecule has 1 fully saturated rings. The lowest BCUT2D eigenvalue weighted by atomic mass is 10.0. The molecule has 1 aliphatic heterocycles. The molecule has 4 nitrogen and oxygen atoms in total. The van der Waals surface area contributed by atoms with E-state index in [4.69, 9.17) is 5.73 Å². The molecule has 1 saturated heterocycles. The number of nitrogen functional groups attached to an aromatic ring is 1. The summed E-state index contributed by atoms with van der Waals surface area (Å²) in [5.74, 6) is 0.521. The van der Waals surface area contributed by atoms with Crippen molar-refractivity contribution in [2.24, 2.45) is 0 Å². The predicted octanol–water partition coefficient (Wildman–Crippen LogP) is 0.936. The summed E-state index contributed by atoms with van der Waals surface area (Å²) in [7, 11) is -2.85. The van der Waals surface area contributed by atoms with Crippen LogP contribution in [0.4, 0.5) is 5.69 Å². The van der Waals surface area contributed by atoms with Gasteiger partial charge in [-0.3, -0.25) is 0 Å². The second kappa shape index (κ2) is 4.31. The molecule has 0 spiro atoms. The van der Waals surface area contributed by atoms with E-state index >= 15 is 0 Å². The van der Waals surface area contributed by atoms with Crippen molar-refractivity contribution < 1.29 is 8.42 Å². The molecule has 0 aliphatic carbocycles. The van der Waals surface area contributed by atoms with E-state index in [1.807, 2.05) is 31.2 Å². The van der Waals surface area contributed by atoms with Gasteiger partial charge in [0.2, 0.25) is 0 Å². The minimum Gasteiger partial charge on any atom is -0.399 e. The lowest BCUT2D eigenvalue weighted by Crippen LogP contribution is -2.42. The van der Waals surface area contributed by atoms with Crippen molar-refractivity contribution in [3.8, 4) is 0 Å². The summed E-state index contributed by atoms with van der Waals surface area (Å²) < 4.78 is 22.9. The van der Waals surface area contributed by atoms with E-state index in [2.05, 4.69) is 5.32 Å². The van der Waals surface area contributed by atoms with E-state index in [0.29, 0.717) is 13.0 Å². The van der Waals surface area contributed by atoms with E-state index < -0.39 is 9.84 Å². The first kappa shape index (κ1) is 12.4. The first-order chi connectivity index (χ1) is 7.89. The third-order valence-corrected chi connectivity index (χ3v) is 5.11. The third kappa shape index (κ3) is 3.20. The van der Waals surface area contributed by atoms with Gasteiger partial charge < -0.3 is 11.1 Å². The van der Waals surface area contributed by atoms with Crippen LogP contribution in [0.2, 0.25) is 0 Å². The van der Waals surface area contributed by atoms with Crippen LogP contribution >= 0.6 is 0 Å². The quantitative estimate of drug-likeness (QED) is 0.787. The van der Waals surface area contributed by atoms with Crippen molar-refractivity contribution in [1.29, 1.82) is 0 Å². The highest BCUT2D eigenvalue weighted by atomic mass is 32.2. The number of nitrogens with two attached hydrogens (primary N) is 1. The molecule has 0 bridgehead atoms. The normalized spacial score (nSPS) is 27.1. The van der Waals surface area contributed by atoms with E-state index in [1.54, 1.807) is 0 Å². The molecule has 94 valence electrons. The van der Waals surface area contributed by atoms with Crippen LogP contribution in [0.3, 0.4) is 0 Å². The number of sulfone groups is 1. The standard InChI is InChI=1S/C12H18N2O2S/c1-12(6-7-17(15,16)9-12)14-8-10-2-4-11(13)5-3-10/h2-5,14H,6-9,13H2,1H3/t12-/m0/s1. The zero-order chi connectivity index (χ0) is 12.5. The fourth-order valence-electron chi connectivity index (χ4n) is 2.10. The van der Waals surface area contributed by atoms with Crippen molar-refractivity contribution in [2.45, 2.75) is 25.4 Å². The molecule has 0 saturated carbocycles. The molecule has 5 heteroatoms. The van der Waals surface area contributed by atoms with Gasteiger partial charge in [0.1, 0.15) is 0 Å². The van der Waals surface area contributed by atoms with Crippen molar-refractivity contribution in [3.63, 3.8) is 0 Å². The smallest absolute Gasteiger partial charge is 0.152 e. The lowest BCUT2D eigenvalue weighted by molar-refractivity contribution is 0.395. The van der Waals surface area contributed by atoms with Crippen LogP contribution in [0, 0.1) is 0 Å². The van der Waals surface area contributed by atoms with Crippen LogP contribution in [0.5, 0.6) is 0 Å². The molecule has 17 heavy (non-hydrogen) atoms. The zero-order valence-electron chi connectivity index (χ0n) is 9.94. The van der Waals surface area contributed by atoms with Gasteiger partial charge in [0, 0.05) is 17.8 Å². The first-order valence-corrected chi connectivity index (χ1v) is 7.51. The molecule has 0 unspecified atom stereocenters. The van der Waals surface area contributed by atoms with E-state index in [1.165, 1.54) is 0 Å². The zero-order valence-corrected chi connectivity index (χ0v) is 10.8. The van der Waals surface area contributed by atoms with Gasteiger partial charge in [0.15, 0.2) is 9.84 Å². The molecule has 3 N–H and O–H groups in total. The summed E-state index contributed by atoms with van der Waals surface area (Å²) in [5, 5.41) is 3.33. The van der Waals surface area contributed by atoms with Crippen LogP contribution in [0.25, 0.3) is 0 Å². The number of hydrogen-bond donors (Lipinski definition) is 2. The predicted molar refractivity (Wildman–Crippen MR) is 69.4 cm³/mol. The van der Waals surface area contributed by atoms with Gasteiger partial charge in [-0.2, -0.15) is 0 Å². The molecular weight excluding hydrogens is 236 g/mol. The van der Waals surface area contributed by atoms with Crippen molar-refractivity contribution in [2.75, 3.05) is 17.2 Å². The second-order valence-electron chi connectivity index (χ2n) is 5.00. The molecule has 2 rings (SSSR count). The highest BCUT2D eigenvalue weighted by Gasteiger charge is 2.37. The van der Waals surface area contributed by atoms with Gasteiger partial charge in [0.05, 0.1) is 11.5 Å². The highest BCUT2D eigenvalue weighted by molar-refractivity contribution is 7.91. The molecule has 1 heterocycles. The van der Waals surface area contributed by atoms with Crippen LogP contribution in [0.15, 0.2) is 24.3 Å². The Morgan fingerprint density at radius 3 is 2.53 bits per heavy atom. The summed E-state index contributed by atoms with van der Waals surface area (Å²) in [6.45, 7) is 2.64. The Kier molecular flexibility index (Phi) is 3.14. The Bertz CT molecular complexity index is 496. The van der Waals surface area contributed by atoms with Crippen molar-refractivity contribution in [3.05, 3.63) is 29.8 Å². The molecule has 1 aromatic carbocycles. The lowest BCUT2D eigenvalue weighted by Gasteiger charge is -2.24. The van der Waals surface area contributed by atoms with Crippen molar-refractivity contribution >= 4 is 15.5 Å². The summed E-state index contributed by atoms with van der Waals surface area (Å²) in [4.78, 5) is 0. The fourth-order valence-corrected chi connectivity index (χ4v) is 4.22. The highest BCUT2D eigenvalue weighted by Crippen LogP contribution is 2.23. The summed E-state index contributed by atoms with van der Waals surface area (Å²) in [6.07, 6.45) is 0.685. The maximum Gasteiger partial charge on any atom is 0.152 e. The maximum atomic E-state index is 11.4. The number of hydrogen-bond acceptors (Lipinski definition) is 4. The Morgan fingerprint density at radius 1 is 1.35 bits per heavy atom. The second-order valence-corrected chi connectivity index (χ2v) is 7.18. The molecule has 1 aromatic rings. The summed E-state index contributed by atoms with van der Waals surface area (Å²) in [6, 6.07) is 7.61. The average Bonchev–Trinajstić information content (AvgIpc) is 2.53. The van der Waals surface area contributed by atoms with E-state index in [9.17, 15) is 8.42 Å². The van der Waals surface area contributed by atoms with Gasteiger partial charge in [-0.1, -0.05) is 12.1 Å². The van der Waals surface area contributed by atoms with E-state index in [0.717, 1.165) is 11.3 Å². The Balaban J connectivity index is 1.97. The first-order valence-electron chi connectivity index (χ1n) is 5.68. The number of benzene rings is 1. The van der Waals surface area contributed by atoms with Gasteiger partial charge in [-0.15, -0.1) is 0 Å². The Morgan fingerprint density at radius 2 is 2.00 bits per heavy atom. The van der Waals surface area contributed by atoms with Gasteiger partial charge in [-0.05, 0) is 31.0 Å². The van der Waals surface area contributed by atoms with Crippen LogP contribution in [-0.2, 0) is 16.4 Å². The fraction of sp³-hybridized carbons (Fsp3) is 0.500. The molecule has 0 amide bonds. The van der Waals surface area contributed by atoms with Crippen LogP contribution in [0.1, 0.15) is 18.9 Å². The van der Waals surface area contributed by atoms with Gasteiger partial charge >= 0.3 is 0 Å². The number of anilines is 1. The van der Waals surface area contributed by atoms with Gasteiger partial charge in [0.25, 0.3) is 0 Å². The summed E-state index contributed by atoms with van der Waals surface area (Å²) >= 11 is 0. The topological polar surface area (TPSA) is 72.2 Å².